The predicted octanol–water partition coefficient (Wildman–Crippen LogP) is 1.57. The number of anilines is 1. The summed E-state index contributed by atoms with van der Waals surface area (Å²) in [5.74, 6) is -3.40. The lowest BCUT2D eigenvalue weighted by molar-refractivity contribution is -0.148. The van der Waals surface area contributed by atoms with Crippen LogP contribution in [0.3, 0.4) is 0 Å². The van der Waals surface area contributed by atoms with Crippen molar-refractivity contribution in [2.75, 3.05) is 11.9 Å². The number of benzene rings is 2. The molecule has 1 atom stereocenters. The second-order valence-electron chi connectivity index (χ2n) is 6.04. The van der Waals surface area contributed by atoms with Crippen molar-refractivity contribution in [3.8, 4) is 0 Å². The third-order valence-corrected chi connectivity index (χ3v) is 5.27. The van der Waals surface area contributed by atoms with Crippen molar-refractivity contribution in [1.82, 2.24) is 4.72 Å². The first-order chi connectivity index (χ1) is 13.7. The number of aliphatic imine (C=N–C) groups is 1. The Hall–Kier alpha value is -3.34. The number of carbonyl (C=O) groups is 2. The summed E-state index contributed by atoms with van der Waals surface area (Å²) in [6.45, 7) is 0.598. The van der Waals surface area contributed by atoms with Crippen LogP contribution in [0.5, 0.6) is 0 Å². The molecule has 0 fully saturated rings. The van der Waals surface area contributed by atoms with E-state index in [1.807, 2.05) is 0 Å². The molecule has 1 aliphatic heterocycles. The molecule has 0 spiro atoms. The average Bonchev–Trinajstić information content (AvgIpc) is 2.93. The highest BCUT2D eigenvalue weighted by Gasteiger charge is 2.31. The summed E-state index contributed by atoms with van der Waals surface area (Å²) in [5, 5.41) is 2.08. The lowest BCUT2D eigenvalue weighted by Gasteiger charge is -2.10. The summed E-state index contributed by atoms with van der Waals surface area (Å²) >= 11 is 0. The van der Waals surface area contributed by atoms with Gasteiger partial charge in [0.15, 0.2) is 6.61 Å². The van der Waals surface area contributed by atoms with E-state index in [1.54, 1.807) is 12.1 Å². The number of amides is 1. The fourth-order valence-corrected chi connectivity index (χ4v) is 3.75. The Balaban J connectivity index is 1.62. The molecule has 29 heavy (non-hydrogen) atoms. The van der Waals surface area contributed by atoms with Crippen LogP contribution in [0, 0.1) is 11.6 Å². The molecule has 0 unspecified atom stereocenters. The fourth-order valence-electron chi connectivity index (χ4n) is 2.51. The predicted molar refractivity (Wildman–Crippen MR) is 98.7 cm³/mol. The maximum atomic E-state index is 13.5. The molecular weight excluding hydrogens is 408 g/mol. The maximum Gasteiger partial charge on any atom is 0.331 e. The first-order valence-corrected chi connectivity index (χ1v) is 9.77. The topological polar surface area (TPSA) is 114 Å². The van der Waals surface area contributed by atoms with Crippen LogP contribution in [0.2, 0.25) is 0 Å². The Morgan fingerprint density at radius 1 is 1.21 bits per heavy atom. The SMILES string of the molecule is C[C@@H](N=C1NS(=O)(=O)c2ccccc21)C(=O)OCC(=O)Nc1cc(F)ccc1F. The number of halogens is 2. The van der Waals surface area contributed by atoms with Gasteiger partial charge in [-0.3, -0.25) is 14.5 Å². The van der Waals surface area contributed by atoms with Crippen molar-refractivity contribution in [3.63, 3.8) is 0 Å². The minimum atomic E-state index is -3.76. The molecular formula is C18H15F2N3O5S. The molecule has 0 saturated carbocycles. The molecule has 0 radical (unpaired) electrons. The minimum Gasteiger partial charge on any atom is -0.454 e. The minimum absolute atomic E-state index is 0.0173. The highest BCUT2D eigenvalue weighted by Crippen LogP contribution is 2.22. The van der Waals surface area contributed by atoms with Gasteiger partial charge in [-0.15, -0.1) is 0 Å². The van der Waals surface area contributed by atoms with Gasteiger partial charge in [-0.1, -0.05) is 12.1 Å². The van der Waals surface area contributed by atoms with Gasteiger partial charge in [0, 0.05) is 11.6 Å². The van der Waals surface area contributed by atoms with E-state index in [4.69, 9.17) is 4.74 Å². The van der Waals surface area contributed by atoms with Crippen LogP contribution < -0.4 is 10.0 Å². The largest absolute Gasteiger partial charge is 0.454 e. The number of amidine groups is 1. The first-order valence-electron chi connectivity index (χ1n) is 8.29. The molecule has 8 nitrogen and oxygen atoms in total. The summed E-state index contributed by atoms with van der Waals surface area (Å²) in [6.07, 6.45) is 0. The van der Waals surface area contributed by atoms with Crippen LogP contribution in [0.4, 0.5) is 14.5 Å². The molecule has 11 heteroatoms. The molecule has 2 N–H and O–H groups in total. The number of nitrogens with zero attached hydrogens (tertiary/aromatic N) is 1. The molecule has 2 aromatic carbocycles. The third kappa shape index (κ3) is 4.57. The van der Waals surface area contributed by atoms with E-state index in [-0.39, 0.29) is 10.7 Å². The van der Waals surface area contributed by atoms with Crippen molar-refractivity contribution in [3.05, 3.63) is 59.7 Å². The Kier molecular flexibility index (Phi) is 5.59. The summed E-state index contributed by atoms with van der Waals surface area (Å²) in [4.78, 5) is 27.9. The van der Waals surface area contributed by atoms with E-state index in [1.165, 1.54) is 19.1 Å². The normalized spacial score (nSPS) is 16.6. The summed E-state index contributed by atoms with van der Waals surface area (Å²) in [5.41, 5.74) is -0.0808. The number of carbonyl (C=O) groups excluding carboxylic acids is 2. The van der Waals surface area contributed by atoms with Crippen molar-refractivity contribution in [1.29, 1.82) is 0 Å². The van der Waals surface area contributed by atoms with Gasteiger partial charge in [-0.05, 0) is 31.2 Å². The van der Waals surface area contributed by atoms with Gasteiger partial charge in [-0.2, -0.15) is 0 Å². The van der Waals surface area contributed by atoms with Crippen LogP contribution in [0.25, 0.3) is 0 Å². The molecule has 0 aromatic heterocycles. The molecule has 0 aliphatic carbocycles. The molecule has 152 valence electrons. The number of nitrogens with one attached hydrogen (secondary N) is 2. The standard InChI is InChI=1S/C18H15F2N3O5S/c1-10(21-17-12-4-2-3-5-15(12)29(26,27)23-17)18(25)28-9-16(24)22-14-8-11(19)6-7-13(14)20/h2-8,10H,9H2,1H3,(H,21,23)(H,22,24)/t10-/m1/s1. The van der Waals surface area contributed by atoms with Crippen molar-refractivity contribution >= 4 is 33.4 Å². The number of sulfonamides is 1. The molecule has 1 heterocycles. The van der Waals surface area contributed by atoms with Gasteiger partial charge in [0.25, 0.3) is 15.9 Å². The Bertz CT molecular complexity index is 1120. The van der Waals surface area contributed by atoms with Gasteiger partial charge >= 0.3 is 5.97 Å². The molecule has 3 rings (SSSR count). The van der Waals surface area contributed by atoms with Crippen LogP contribution >= 0.6 is 0 Å². The second-order valence-corrected chi connectivity index (χ2v) is 7.69. The van der Waals surface area contributed by atoms with Gasteiger partial charge in [-0.25, -0.2) is 22.0 Å². The maximum absolute atomic E-state index is 13.5. The summed E-state index contributed by atoms with van der Waals surface area (Å²) < 4.78 is 57.7. The number of fused-ring (bicyclic) bond motifs is 1. The summed E-state index contributed by atoms with van der Waals surface area (Å²) in [6, 6.07) is 7.50. The second kappa shape index (κ2) is 7.95. The first kappa shape index (κ1) is 20.4. The lowest BCUT2D eigenvalue weighted by Crippen LogP contribution is -2.29. The molecule has 2 aromatic rings. The van der Waals surface area contributed by atoms with Crippen molar-refractivity contribution < 1.29 is 31.5 Å². The van der Waals surface area contributed by atoms with Crippen LogP contribution in [-0.2, 0) is 24.3 Å². The number of esters is 1. The lowest BCUT2D eigenvalue weighted by atomic mass is 10.2. The molecule has 1 amide bonds. The number of hydrogen-bond donors (Lipinski definition) is 2. The highest BCUT2D eigenvalue weighted by molar-refractivity contribution is 7.90. The Morgan fingerprint density at radius 3 is 2.69 bits per heavy atom. The zero-order chi connectivity index (χ0) is 21.2. The number of ether oxygens (including phenoxy) is 1. The van der Waals surface area contributed by atoms with Crippen LogP contribution in [0.15, 0.2) is 52.4 Å². The van der Waals surface area contributed by atoms with Crippen molar-refractivity contribution in [2.24, 2.45) is 4.99 Å². The average molecular weight is 423 g/mol. The zero-order valence-electron chi connectivity index (χ0n) is 15.0. The van der Waals surface area contributed by atoms with Gasteiger partial charge in [0.1, 0.15) is 23.5 Å². The van der Waals surface area contributed by atoms with E-state index in [0.29, 0.717) is 5.56 Å². The Morgan fingerprint density at radius 2 is 1.93 bits per heavy atom. The fraction of sp³-hybridized carbons (Fsp3) is 0.167. The molecule has 0 bridgehead atoms. The molecule has 1 aliphatic rings. The van der Waals surface area contributed by atoms with Gasteiger partial charge in [0.05, 0.1) is 10.6 Å². The van der Waals surface area contributed by atoms with Crippen LogP contribution in [0.1, 0.15) is 12.5 Å². The van der Waals surface area contributed by atoms with Gasteiger partial charge < -0.3 is 10.1 Å². The quantitative estimate of drug-likeness (QED) is 0.709. The van der Waals surface area contributed by atoms with E-state index >= 15 is 0 Å². The Labute approximate surface area is 164 Å². The van der Waals surface area contributed by atoms with E-state index in [9.17, 15) is 26.8 Å². The van der Waals surface area contributed by atoms with E-state index in [0.717, 1.165) is 18.2 Å². The third-order valence-electron chi connectivity index (χ3n) is 3.87. The summed E-state index contributed by atoms with van der Waals surface area (Å²) in [7, 11) is -3.76. The number of hydrogen-bond acceptors (Lipinski definition) is 6. The zero-order valence-corrected chi connectivity index (χ0v) is 15.8. The van der Waals surface area contributed by atoms with Gasteiger partial charge in [0.2, 0.25) is 0 Å². The monoisotopic (exact) mass is 423 g/mol. The molecule has 0 saturated heterocycles. The van der Waals surface area contributed by atoms with E-state index < -0.39 is 51.9 Å². The highest BCUT2D eigenvalue weighted by atomic mass is 32.2. The number of rotatable bonds is 5. The van der Waals surface area contributed by atoms with Crippen LogP contribution in [-0.4, -0.2) is 38.8 Å². The smallest absolute Gasteiger partial charge is 0.331 e. The van der Waals surface area contributed by atoms with Crippen molar-refractivity contribution in [2.45, 2.75) is 17.9 Å². The van der Waals surface area contributed by atoms with E-state index in [2.05, 4.69) is 15.0 Å².